The Morgan fingerprint density at radius 2 is 2.42 bits per heavy atom. The van der Waals surface area contributed by atoms with Gasteiger partial charge in [0.15, 0.2) is 0 Å². The normalized spacial score (nSPS) is 12.8. The second-order valence-corrected chi connectivity index (χ2v) is 3.46. The lowest BCUT2D eigenvalue weighted by Gasteiger charge is -2.07. The Hall–Kier alpha value is -0.870. The van der Waals surface area contributed by atoms with E-state index in [0.29, 0.717) is 0 Å². The van der Waals surface area contributed by atoms with Crippen LogP contribution in [-0.2, 0) is 4.79 Å². The largest absolute Gasteiger partial charge is 0.481 e. The molecule has 0 aliphatic rings. The van der Waals surface area contributed by atoms with Crippen molar-refractivity contribution in [3.05, 3.63) is 21.9 Å². The lowest BCUT2D eigenvalue weighted by atomic mass is 10.1. The molecule has 1 rings (SSSR count). The molecule has 0 amide bonds. The molecule has 3 N–H and O–H groups in total. The Bertz CT molecular complexity index is 282. The molecule has 0 radical (unpaired) electrons. The molecule has 0 aromatic carbocycles. The van der Waals surface area contributed by atoms with Crippen LogP contribution in [0.4, 0.5) is 0 Å². The summed E-state index contributed by atoms with van der Waals surface area (Å²) >= 11 is 1.55. The van der Waals surface area contributed by atoms with Crippen molar-refractivity contribution >= 4 is 17.3 Å². The highest BCUT2D eigenvalue weighted by Gasteiger charge is 2.12. The SMILES string of the molecule is Cc1cscc1C(N)CC(=O)O. The Kier molecular flexibility index (Phi) is 2.83. The highest BCUT2D eigenvalue weighted by Crippen LogP contribution is 2.21. The maximum atomic E-state index is 10.3. The Morgan fingerprint density at radius 1 is 1.75 bits per heavy atom. The molecule has 0 fully saturated rings. The topological polar surface area (TPSA) is 63.3 Å². The van der Waals surface area contributed by atoms with Gasteiger partial charge in [-0.05, 0) is 28.8 Å². The monoisotopic (exact) mass is 185 g/mol. The molecule has 0 saturated heterocycles. The van der Waals surface area contributed by atoms with Crippen molar-refractivity contribution in [1.29, 1.82) is 0 Å². The average molecular weight is 185 g/mol. The van der Waals surface area contributed by atoms with Crippen LogP contribution in [0.3, 0.4) is 0 Å². The smallest absolute Gasteiger partial charge is 0.305 e. The zero-order valence-corrected chi connectivity index (χ0v) is 7.60. The van der Waals surface area contributed by atoms with Gasteiger partial charge < -0.3 is 10.8 Å². The second-order valence-electron chi connectivity index (χ2n) is 2.71. The summed E-state index contributed by atoms with van der Waals surface area (Å²) in [4.78, 5) is 10.3. The highest BCUT2D eigenvalue weighted by molar-refractivity contribution is 7.08. The van der Waals surface area contributed by atoms with Crippen molar-refractivity contribution in [2.75, 3.05) is 0 Å². The van der Waals surface area contributed by atoms with Crippen molar-refractivity contribution in [2.24, 2.45) is 5.73 Å². The molecule has 3 nitrogen and oxygen atoms in total. The molecule has 1 unspecified atom stereocenters. The van der Waals surface area contributed by atoms with Crippen LogP contribution in [0.15, 0.2) is 10.8 Å². The van der Waals surface area contributed by atoms with Crippen molar-refractivity contribution < 1.29 is 9.90 Å². The molecular formula is C8H11NO2S. The molecule has 1 heterocycles. The van der Waals surface area contributed by atoms with E-state index in [2.05, 4.69) is 0 Å². The average Bonchev–Trinajstić information content (AvgIpc) is 2.33. The predicted molar refractivity (Wildman–Crippen MR) is 48.2 cm³/mol. The molecule has 0 aliphatic carbocycles. The zero-order chi connectivity index (χ0) is 9.14. The number of carboxylic acid groups (broad SMARTS) is 1. The van der Waals surface area contributed by atoms with Gasteiger partial charge in [-0.1, -0.05) is 0 Å². The van der Waals surface area contributed by atoms with Gasteiger partial charge in [-0.2, -0.15) is 11.3 Å². The number of nitrogens with two attached hydrogens (primary N) is 1. The van der Waals surface area contributed by atoms with Gasteiger partial charge in [-0.25, -0.2) is 0 Å². The van der Waals surface area contributed by atoms with Crippen LogP contribution in [0.5, 0.6) is 0 Å². The van der Waals surface area contributed by atoms with Gasteiger partial charge in [0.1, 0.15) is 0 Å². The number of carbonyl (C=O) groups is 1. The fourth-order valence-corrected chi connectivity index (χ4v) is 1.96. The molecule has 4 heteroatoms. The lowest BCUT2D eigenvalue weighted by Crippen LogP contribution is -2.14. The van der Waals surface area contributed by atoms with Gasteiger partial charge in [0.2, 0.25) is 0 Å². The first kappa shape index (κ1) is 9.22. The van der Waals surface area contributed by atoms with Gasteiger partial charge in [0, 0.05) is 6.04 Å². The number of hydrogen-bond acceptors (Lipinski definition) is 3. The number of hydrogen-bond donors (Lipinski definition) is 2. The summed E-state index contributed by atoms with van der Waals surface area (Å²) in [5, 5.41) is 12.4. The van der Waals surface area contributed by atoms with Crippen molar-refractivity contribution in [1.82, 2.24) is 0 Å². The molecule has 66 valence electrons. The lowest BCUT2D eigenvalue weighted by molar-refractivity contribution is -0.137. The summed E-state index contributed by atoms with van der Waals surface area (Å²) in [6, 6.07) is -0.367. The second kappa shape index (κ2) is 3.69. The molecule has 0 bridgehead atoms. The fourth-order valence-electron chi connectivity index (χ4n) is 1.05. The third kappa shape index (κ3) is 2.06. The molecular weight excluding hydrogens is 174 g/mol. The quantitative estimate of drug-likeness (QED) is 0.750. The summed E-state index contributed by atoms with van der Waals surface area (Å²) in [6.07, 6.45) is -0.00241. The highest BCUT2D eigenvalue weighted by atomic mass is 32.1. The van der Waals surface area contributed by atoms with Crippen LogP contribution in [0, 0.1) is 6.92 Å². The third-order valence-corrected chi connectivity index (χ3v) is 2.57. The number of thiophene rings is 1. The van der Waals surface area contributed by atoms with Crippen LogP contribution in [-0.4, -0.2) is 11.1 Å². The predicted octanol–water partition coefficient (Wildman–Crippen LogP) is 1.53. The van der Waals surface area contributed by atoms with Crippen LogP contribution in [0.25, 0.3) is 0 Å². The Labute approximate surface area is 74.8 Å². The summed E-state index contributed by atoms with van der Waals surface area (Å²) in [5.74, 6) is -0.854. The fraction of sp³-hybridized carbons (Fsp3) is 0.375. The standard InChI is InChI=1S/C8H11NO2S/c1-5-3-12-4-6(5)7(9)2-8(10)11/h3-4,7H,2,9H2,1H3,(H,10,11). The zero-order valence-electron chi connectivity index (χ0n) is 6.78. The van der Waals surface area contributed by atoms with Gasteiger partial charge in [-0.15, -0.1) is 0 Å². The molecule has 0 spiro atoms. The van der Waals surface area contributed by atoms with Gasteiger partial charge in [0.25, 0.3) is 0 Å². The van der Waals surface area contributed by atoms with Crippen molar-refractivity contribution in [3.63, 3.8) is 0 Å². The van der Waals surface area contributed by atoms with E-state index in [1.54, 1.807) is 11.3 Å². The van der Waals surface area contributed by atoms with Crippen LogP contribution in [0.1, 0.15) is 23.6 Å². The third-order valence-electron chi connectivity index (χ3n) is 1.69. The van der Waals surface area contributed by atoms with Crippen LogP contribution < -0.4 is 5.73 Å². The summed E-state index contributed by atoms with van der Waals surface area (Å²) in [7, 11) is 0. The van der Waals surface area contributed by atoms with Gasteiger partial charge >= 0.3 is 5.97 Å². The number of aliphatic carboxylic acids is 1. The van der Waals surface area contributed by atoms with E-state index in [1.165, 1.54) is 0 Å². The maximum absolute atomic E-state index is 10.3. The first-order valence-electron chi connectivity index (χ1n) is 3.61. The maximum Gasteiger partial charge on any atom is 0.305 e. The number of aryl methyl sites for hydroxylation is 1. The van der Waals surface area contributed by atoms with E-state index >= 15 is 0 Å². The summed E-state index contributed by atoms with van der Waals surface area (Å²) in [6.45, 7) is 1.94. The minimum Gasteiger partial charge on any atom is -0.481 e. The Morgan fingerprint density at radius 3 is 2.83 bits per heavy atom. The van der Waals surface area contributed by atoms with Crippen molar-refractivity contribution in [2.45, 2.75) is 19.4 Å². The molecule has 1 aromatic heterocycles. The molecule has 1 atom stereocenters. The first-order chi connectivity index (χ1) is 5.61. The van der Waals surface area contributed by atoms with E-state index in [0.717, 1.165) is 11.1 Å². The minimum absolute atomic E-state index is 0.00241. The van der Waals surface area contributed by atoms with E-state index < -0.39 is 5.97 Å². The molecule has 1 aromatic rings. The minimum atomic E-state index is -0.854. The molecule has 0 saturated carbocycles. The van der Waals surface area contributed by atoms with E-state index in [1.807, 2.05) is 17.7 Å². The van der Waals surface area contributed by atoms with E-state index in [-0.39, 0.29) is 12.5 Å². The summed E-state index contributed by atoms with van der Waals surface area (Å²) in [5.41, 5.74) is 7.69. The number of rotatable bonds is 3. The molecule has 12 heavy (non-hydrogen) atoms. The van der Waals surface area contributed by atoms with Gasteiger partial charge in [-0.3, -0.25) is 4.79 Å². The van der Waals surface area contributed by atoms with Crippen LogP contribution >= 0.6 is 11.3 Å². The van der Waals surface area contributed by atoms with E-state index in [4.69, 9.17) is 10.8 Å². The van der Waals surface area contributed by atoms with Gasteiger partial charge in [0.05, 0.1) is 6.42 Å². The number of carboxylic acids is 1. The van der Waals surface area contributed by atoms with E-state index in [9.17, 15) is 4.79 Å². The summed E-state index contributed by atoms with van der Waals surface area (Å²) < 4.78 is 0. The first-order valence-corrected chi connectivity index (χ1v) is 4.55. The van der Waals surface area contributed by atoms with Crippen LogP contribution in [0.2, 0.25) is 0 Å². The van der Waals surface area contributed by atoms with Crippen molar-refractivity contribution in [3.8, 4) is 0 Å². The molecule has 0 aliphatic heterocycles. The Balaban J connectivity index is 2.71.